The number of ether oxygens (including phenoxy) is 1. The van der Waals surface area contributed by atoms with Crippen LogP contribution in [0.25, 0.3) is 10.9 Å². The Kier molecular flexibility index (Phi) is 4.54. The molecule has 0 radical (unpaired) electrons. The van der Waals surface area contributed by atoms with Crippen LogP contribution in [0.4, 0.5) is 16.0 Å². The van der Waals surface area contributed by atoms with Crippen LogP contribution in [0.2, 0.25) is 0 Å². The number of aryl methyl sites for hydroxylation is 2. The Morgan fingerprint density at radius 3 is 2.74 bits per heavy atom. The lowest BCUT2D eigenvalue weighted by Crippen LogP contribution is -2.42. The number of rotatable bonds is 5. The van der Waals surface area contributed by atoms with Gasteiger partial charge >= 0.3 is 0 Å². The lowest BCUT2D eigenvalue weighted by Gasteiger charge is -2.31. The molecular weight excluding hydrogens is 401 g/mol. The van der Waals surface area contributed by atoms with Crippen LogP contribution in [0.15, 0.2) is 30.6 Å². The van der Waals surface area contributed by atoms with E-state index in [2.05, 4.69) is 30.5 Å². The molecule has 3 N–H and O–H groups in total. The first kappa shape index (κ1) is 19.0. The summed E-state index contributed by atoms with van der Waals surface area (Å²) in [6, 6.07) is 6.72. The van der Waals surface area contributed by atoms with Crippen molar-refractivity contribution in [1.82, 2.24) is 30.0 Å². The average Bonchev–Trinajstić information content (AvgIpc) is 3.28. The number of benzene rings is 1. The van der Waals surface area contributed by atoms with Crippen LogP contribution in [0.3, 0.4) is 0 Å². The van der Waals surface area contributed by atoms with Crippen LogP contribution >= 0.6 is 0 Å². The first-order valence-corrected chi connectivity index (χ1v) is 9.88. The highest BCUT2D eigenvalue weighted by Gasteiger charge is 2.30. The number of aromatic amines is 2. The van der Waals surface area contributed by atoms with Crippen molar-refractivity contribution in [1.29, 1.82) is 0 Å². The van der Waals surface area contributed by atoms with Crippen LogP contribution in [0, 0.1) is 19.7 Å². The zero-order valence-electron chi connectivity index (χ0n) is 17.0. The molecule has 4 aromatic rings. The molecule has 0 atom stereocenters. The maximum absolute atomic E-state index is 15.1. The Morgan fingerprint density at radius 2 is 2.03 bits per heavy atom. The van der Waals surface area contributed by atoms with E-state index in [-0.39, 0.29) is 28.9 Å². The summed E-state index contributed by atoms with van der Waals surface area (Å²) in [5.74, 6) is -0.116. The van der Waals surface area contributed by atoms with Crippen LogP contribution in [0.1, 0.15) is 28.2 Å². The molecule has 1 aromatic carbocycles. The Labute approximate surface area is 176 Å². The smallest absolute Gasteiger partial charge is 0.263 e. The molecule has 0 saturated carbocycles. The second-order valence-corrected chi connectivity index (χ2v) is 7.50. The zero-order valence-corrected chi connectivity index (χ0v) is 17.0. The van der Waals surface area contributed by atoms with E-state index in [0.717, 1.165) is 17.8 Å². The van der Waals surface area contributed by atoms with Gasteiger partial charge in [0.1, 0.15) is 11.9 Å². The third-order valence-corrected chi connectivity index (χ3v) is 5.17. The van der Waals surface area contributed by atoms with Gasteiger partial charge in [-0.3, -0.25) is 9.89 Å². The number of hydrogen-bond donors (Lipinski definition) is 3. The number of fused-ring (bicyclic) bond motifs is 1. The highest BCUT2D eigenvalue weighted by atomic mass is 19.1. The summed E-state index contributed by atoms with van der Waals surface area (Å²) >= 11 is 0. The van der Waals surface area contributed by atoms with Gasteiger partial charge < -0.3 is 19.9 Å². The molecule has 0 bridgehead atoms. The van der Waals surface area contributed by atoms with Gasteiger partial charge in [-0.25, -0.2) is 14.4 Å². The molecule has 1 saturated heterocycles. The minimum Gasteiger partial charge on any atom is -0.435 e. The number of nitrogens with zero attached hydrogens (tertiary/aromatic N) is 4. The molecule has 10 heteroatoms. The van der Waals surface area contributed by atoms with Crippen LogP contribution in [-0.4, -0.2) is 49.0 Å². The fourth-order valence-corrected chi connectivity index (χ4v) is 3.49. The monoisotopic (exact) mass is 421 g/mol. The predicted molar refractivity (Wildman–Crippen MR) is 112 cm³/mol. The molecule has 1 amide bonds. The third kappa shape index (κ3) is 3.45. The summed E-state index contributed by atoms with van der Waals surface area (Å²) < 4.78 is 20.9. The van der Waals surface area contributed by atoms with Crippen LogP contribution in [-0.2, 0) is 0 Å². The maximum atomic E-state index is 15.1. The van der Waals surface area contributed by atoms with E-state index in [9.17, 15) is 4.79 Å². The Morgan fingerprint density at radius 1 is 1.19 bits per heavy atom. The van der Waals surface area contributed by atoms with Gasteiger partial charge in [-0.05, 0) is 38.5 Å². The van der Waals surface area contributed by atoms with E-state index < -0.39 is 5.82 Å². The molecule has 158 valence electrons. The molecule has 1 aliphatic heterocycles. The fourth-order valence-electron chi connectivity index (χ4n) is 3.49. The van der Waals surface area contributed by atoms with Gasteiger partial charge in [0.15, 0.2) is 23.2 Å². The number of likely N-dealkylation sites (tertiary alicyclic amines) is 1. The largest absolute Gasteiger partial charge is 0.435 e. The first-order chi connectivity index (χ1) is 15.0. The fraction of sp³-hybridized carbons (Fsp3) is 0.238. The van der Waals surface area contributed by atoms with E-state index in [0.29, 0.717) is 29.8 Å². The van der Waals surface area contributed by atoms with Gasteiger partial charge in [0.05, 0.1) is 0 Å². The average molecular weight is 421 g/mol. The second-order valence-electron chi connectivity index (χ2n) is 7.50. The highest BCUT2D eigenvalue weighted by molar-refractivity contribution is 6.02. The molecule has 1 aliphatic rings. The molecule has 0 aliphatic carbocycles. The highest BCUT2D eigenvalue weighted by Crippen LogP contribution is 2.34. The summed E-state index contributed by atoms with van der Waals surface area (Å²) in [6.07, 6.45) is 2.19. The standard InChI is InChI=1S/C21H20FN7O2/c1-11-8-13-14(25-11)4-5-15(18(13)22)31-20-17(21(30)29-6-3-7-29)19(23-10-24-20)26-16-9-12(2)27-28-16/h4-5,8-10,25H,3,6-7H2,1-2H3,(H2,23,24,26,27,28). The normalized spacial score (nSPS) is 13.3. The van der Waals surface area contributed by atoms with Crippen molar-refractivity contribution in [2.24, 2.45) is 0 Å². The van der Waals surface area contributed by atoms with Gasteiger partial charge in [0.2, 0.25) is 5.88 Å². The van der Waals surface area contributed by atoms with Gasteiger partial charge in [-0.2, -0.15) is 5.10 Å². The van der Waals surface area contributed by atoms with Gasteiger partial charge in [0, 0.05) is 41.4 Å². The molecule has 0 unspecified atom stereocenters. The van der Waals surface area contributed by atoms with Crippen molar-refractivity contribution in [2.45, 2.75) is 20.3 Å². The number of hydrogen-bond acceptors (Lipinski definition) is 6. The second kappa shape index (κ2) is 7.38. The van der Waals surface area contributed by atoms with E-state index in [4.69, 9.17) is 4.74 Å². The summed E-state index contributed by atoms with van der Waals surface area (Å²) in [6.45, 7) is 4.98. The number of halogens is 1. The number of anilines is 2. The summed E-state index contributed by atoms with van der Waals surface area (Å²) in [7, 11) is 0. The third-order valence-electron chi connectivity index (χ3n) is 5.17. The topological polar surface area (TPSA) is 112 Å². The van der Waals surface area contributed by atoms with Gasteiger partial charge in [-0.1, -0.05) is 0 Å². The van der Waals surface area contributed by atoms with E-state index in [1.807, 2.05) is 13.8 Å². The number of H-pyrrole nitrogens is 2. The maximum Gasteiger partial charge on any atom is 0.263 e. The number of carbonyl (C=O) groups is 1. The van der Waals surface area contributed by atoms with Crippen molar-refractivity contribution < 1.29 is 13.9 Å². The predicted octanol–water partition coefficient (Wildman–Crippen LogP) is 3.82. The quantitative estimate of drug-likeness (QED) is 0.452. The summed E-state index contributed by atoms with van der Waals surface area (Å²) in [4.78, 5) is 26.3. The lowest BCUT2D eigenvalue weighted by atomic mass is 10.1. The van der Waals surface area contributed by atoms with Crippen molar-refractivity contribution in [3.63, 3.8) is 0 Å². The van der Waals surface area contributed by atoms with Crippen molar-refractivity contribution in [3.8, 4) is 11.6 Å². The number of nitrogens with one attached hydrogen (secondary N) is 3. The van der Waals surface area contributed by atoms with Gasteiger partial charge in [0.25, 0.3) is 5.91 Å². The first-order valence-electron chi connectivity index (χ1n) is 9.88. The van der Waals surface area contributed by atoms with Crippen LogP contribution in [0.5, 0.6) is 11.6 Å². The van der Waals surface area contributed by atoms with Crippen molar-refractivity contribution in [2.75, 3.05) is 18.4 Å². The minimum absolute atomic E-state index is 0.0211. The van der Waals surface area contributed by atoms with Crippen molar-refractivity contribution in [3.05, 3.63) is 53.4 Å². The molecule has 1 fully saturated rings. The lowest BCUT2D eigenvalue weighted by molar-refractivity contribution is 0.0649. The minimum atomic E-state index is -0.528. The van der Waals surface area contributed by atoms with E-state index in [1.165, 1.54) is 12.4 Å². The Balaban J connectivity index is 1.56. The van der Waals surface area contributed by atoms with E-state index in [1.54, 1.807) is 23.1 Å². The summed E-state index contributed by atoms with van der Waals surface area (Å²) in [5, 5.41) is 10.4. The number of amides is 1. The number of carbonyl (C=O) groups excluding carboxylic acids is 1. The molecule has 0 spiro atoms. The van der Waals surface area contributed by atoms with Crippen molar-refractivity contribution >= 4 is 28.4 Å². The van der Waals surface area contributed by atoms with Gasteiger partial charge in [-0.15, -0.1) is 0 Å². The molecule has 31 heavy (non-hydrogen) atoms. The van der Waals surface area contributed by atoms with E-state index >= 15 is 4.39 Å². The molecular formula is C21H20FN7O2. The zero-order chi connectivity index (χ0) is 21.5. The molecule has 4 heterocycles. The SMILES string of the molecule is Cc1cc(Nc2ncnc(Oc3ccc4[nH]c(C)cc4c3F)c2C(=O)N2CCC2)n[nH]1. The van der Waals surface area contributed by atoms with Crippen LogP contribution < -0.4 is 10.1 Å². The number of aromatic nitrogens is 5. The Hall–Kier alpha value is -3.95. The summed E-state index contributed by atoms with van der Waals surface area (Å²) in [5.41, 5.74) is 2.48. The molecule has 9 nitrogen and oxygen atoms in total. The Bertz CT molecular complexity index is 1290. The molecule has 3 aromatic heterocycles. The molecule has 5 rings (SSSR count).